The number of benzene rings is 2. The second-order valence-corrected chi connectivity index (χ2v) is 9.34. The number of aryl methyl sites for hydroxylation is 1. The number of nitrogens with zero attached hydrogens (tertiary/aromatic N) is 1. The Morgan fingerprint density at radius 2 is 1.58 bits per heavy atom. The van der Waals surface area contributed by atoms with E-state index in [1.807, 2.05) is 31.2 Å². The standard InChI is InChI=1S/C26H28F3NO3/c1-16-6-8-18(9-7-16)15-30-17(2)23(24(32)33-25(3,4)5)21(14-22(30)31)19-10-12-20(13-11-19)26(27,28)29/h6-13,21H,14-15H2,1-5H3. The van der Waals surface area contributed by atoms with Crippen molar-refractivity contribution >= 4 is 11.9 Å². The molecule has 4 nitrogen and oxygen atoms in total. The van der Waals surface area contributed by atoms with Crippen LogP contribution >= 0.6 is 0 Å². The SMILES string of the molecule is CC1=C(C(=O)OC(C)(C)C)C(c2ccc(C(F)(F)F)cc2)CC(=O)N1Cc1ccc(C)cc1. The van der Waals surface area contributed by atoms with Crippen molar-refractivity contribution in [3.8, 4) is 0 Å². The minimum atomic E-state index is -4.47. The van der Waals surface area contributed by atoms with E-state index in [2.05, 4.69) is 0 Å². The highest BCUT2D eigenvalue weighted by Gasteiger charge is 2.38. The molecule has 1 atom stereocenters. The molecule has 7 heteroatoms. The molecule has 3 rings (SSSR count). The van der Waals surface area contributed by atoms with E-state index in [-0.39, 0.29) is 24.4 Å². The summed E-state index contributed by atoms with van der Waals surface area (Å²) in [4.78, 5) is 27.8. The van der Waals surface area contributed by atoms with Gasteiger partial charge in [-0.05, 0) is 57.9 Å². The molecule has 1 amide bonds. The number of hydrogen-bond donors (Lipinski definition) is 0. The number of amides is 1. The summed E-state index contributed by atoms with van der Waals surface area (Å²) < 4.78 is 44.7. The number of hydrogen-bond acceptors (Lipinski definition) is 3. The largest absolute Gasteiger partial charge is 0.457 e. The van der Waals surface area contributed by atoms with Gasteiger partial charge in [-0.3, -0.25) is 4.79 Å². The fourth-order valence-corrected chi connectivity index (χ4v) is 3.87. The molecular weight excluding hydrogens is 431 g/mol. The first-order valence-electron chi connectivity index (χ1n) is 10.7. The first-order valence-corrected chi connectivity index (χ1v) is 10.7. The van der Waals surface area contributed by atoms with Crippen molar-refractivity contribution in [1.29, 1.82) is 0 Å². The van der Waals surface area contributed by atoms with Crippen molar-refractivity contribution < 1.29 is 27.5 Å². The Labute approximate surface area is 192 Å². The van der Waals surface area contributed by atoms with E-state index in [1.54, 1.807) is 32.6 Å². The predicted octanol–water partition coefficient (Wildman–Crippen LogP) is 6.15. The maximum Gasteiger partial charge on any atom is 0.416 e. The van der Waals surface area contributed by atoms with E-state index in [4.69, 9.17) is 4.74 Å². The zero-order chi connectivity index (χ0) is 24.6. The van der Waals surface area contributed by atoms with Gasteiger partial charge in [0.2, 0.25) is 5.91 Å². The van der Waals surface area contributed by atoms with Crippen LogP contribution in [-0.2, 0) is 27.0 Å². The smallest absolute Gasteiger partial charge is 0.416 e. The van der Waals surface area contributed by atoms with Gasteiger partial charge in [0.15, 0.2) is 0 Å². The van der Waals surface area contributed by atoms with Gasteiger partial charge in [-0.25, -0.2) is 4.79 Å². The van der Waals surface area contributed by atoms with Crippen LogP contribution in [0.1, 0.15) is 62.3 Å². The molecule has 0 radical (unpaired) electrons. The fourth-order valence-electron chi connectivity index (χ4n) is 3.87. The second-order valence-electron chi connectivity index (χ2n) is 9.34. The lowest BCUT2D eigenvalue weighted by Gasteiger charge is -2.35. The number of carbonyl (C=O) groups excluding carboxylic acids is 2. The number of esters is 1. The highest BCUT2D eigenvalue weighted by Crippen LogP contribution is 2.39. The Hall–Kier alpha value is -3.09. The number of allylic oxidation sites excluding steroid dienone is 1. The Kier molecular flexibility index (Phi) is 6.73. The molecule has 0 N–H and O–H groups in total. The molecule has 0 aromatic heterocycles. The summed E-state index contributed by atoms with van der Waals surface area (Å²) in [6.07, 6.45) is -4.51. The van der Waals surface area contributed by atoms with Crippen LogP contribution in [0.5, 0.6) is 0 Å². The maximum atomic E-state index is 13.2. The molecule has 0 spiro atoms. The number of ether oxygens (including phenoxy) is 1. The lowest BCUT2D eigenvalue weighted by molar-refractivity contribution is -0.151. The lowest BCUT2D eigenvalue weighted by atomic mass is 9.83. The normalized spacial score (nSPS) is 17.4. The topological polar surface area (TPSA) is 46.6 Å². The van der Waals surface area contributed by atoms with Gasteiger partial charge in [0.1, 0.15) is 5.60 Å². The van der Waals surface area contributed by atoms with Crippen LogP contribution in [0.25, 0.3) is 0 Å². The summed E-state index contributed by atoms with van der Waals surface area (Å²) in [5, 5.41) is 0. The Morgan fingerprint density at radius 1 is 1.00 bits per heavy atom. The molecule has 1 aliphatic rings. The van der Waals surface area contributed by atoms with E-state index in [0.29, 0.717) is 11.3 Å². The second kappa shape index (κ2) is 9.04. The molecule has 2 aromatic carbocycles. The number of alkyl halides is 3. The minimum Gasteiger partial charge on any atom is -0.457 e. The van der Waals surface area contributed by atoms with Crippen molar-refractivity contribution in [2.75, 3.05) is 0 Å². The molecule has 0 aliphatic carbocycles. The number of rotatable bonds is 4. The van der Waals surface area contributed by atoms with Gasteiger partial charge in [-0.15, -0.1) is 0 Å². The van der Waals surface area contributed by atoms with Gasteiger partial charge in [0, 0.05) is 18.0 Å². The van der Waals surface area contributed by atoms with E-state index in [9.17, 15) is 22.8 Å². The molecular formula is C26H28F3NO3. The molecule has 0 fully saturated rings. The van der Waals surface area contributed by atoms with Gasteiger partial charge < -0.3 is 9.64 Å². The summed E-state index contributed by atoms with van der Waals surface area (Å²) >= 11 is 0. The van der Waals surface area contributed by atoms with E-state index in [0.717, 1.165) is 23.3 Å². The predicted molar refractivity (Wildman–Crippen MR) is 119 cm³/mol. The van der Waals surface area contributed by atoms with Crippen molar-refractivity contribution in [1.82, 2.24) is 4.90 Å². The Bertz CT molecular complexity index is 1060. The van der Waals surface area contributed by atoms with Crippen molar-refractivity contribution in [3.63, 3.8) is 0 Å². The first-order chi connectivity index (χ1) is 15.3. The Balaban J connectivity index is 2.03. The van der Waals surface area contributed by atoms with Crippen LogP contribution in [-0.4, -0.2) is 22.4 Å². The summed E-state index contributed by atoms with van der Waals surface area (Å²) in [6.45, 7) is 9.17. The first kappa shape index (κ1) is 24.6. The molecule has 176 valence electrons. The molecule has 0 saturated heterocycles. The van der Waals surface area contributed by atoms with Crippen LogP contribution in [0.15, 0.2) is 59.8 Å². The minimum absolute atomic E-state index is 0.0385. The van der Waals surface area contributed by atoms with Gasteiger partial charge in [0.25, 0.3) is 0 Å². The molecule has 0 saturated carbocycles. The number of carbonyl (C=O) groups is 2. The zero-order valence-electron chi connectivity index (χ0n) is 19.4. The molecule has 33 heavy (non-hydrogen) atoms. The van der Waals surface area contributed by atoms with Gasteiger partial charge in [0.05, 0.1) is 17.7 Å². The monoisotopic (exact) mass is 459 g/mol. The van der Waals surface area contributed by atoms with Crippen LogP contribution in [0.4, 0.5) is 13.2 Å². The van der Waals surface area contributed by atoms with Crippen molar-refractivity contribution in [2.24, 2.45) is 0 Å². The van der Waals surface area contributed by atoms with Gasteiger partial charge in [-0.1, -0.05) is 42.0 Å². The summed E-state index contributed by atoms with van der Waals surface area (Å²) in [5.74, 6) is -1.47. The highest BCUT2D eigenvalue weighted by molar-refractivity contribution is 5.96. The quantitative estimate of drug-likeness (QED) is 0.516. The van der Waals surface area contributed by atoms with Crippen LogP contribution in [0.3, 0.4) is 0 Å². The zero-order valence-corrected chi connectivity index (χ0v) is 19.4. The molecule has 0 bridgehead atoms. The van der Waals surface area contributed by atoms with Crippen molar-refractivity contribution in [3.05, 3.63) is 82.1 Å². The third-order valence-electron chi connectivity index (χ3n) is 5.54. The van der Waals surface area contributed by atoms with Crippen LogP contribution in [0, 0.1) is 6.92 Å². The summed E-state index contributed by atoms with van der Waals surface area (Å²) in [5.41, 5.74) is 1.65. The van der Waals surface area contributed by atoms with Crippen LogP contribution < -0.4 is 0 Å². The van der Waals surface area contributed by atoms with Crippen molar-refractivity contribution in [2.45, 2.75) is 65.3 Å². The average Bonchev–Trinajstić information content (AvgIpc) is 2.70. The van der Waals surface area contributed by atoms with Gasteiger partial charge in [-0.2, -0.15) is 13.2 Å². The fraction of sp³-hybridized carbons (Fsp3) is 0.385. The third-order valence-corrected chi connectivity index (χ3v) is 5.54. The molecule has 1 aliphatic heterocycles. The maximum absolute atomic E-state index is 13.2. The average molecular weight is 460 g/mol. The van der Waals surface area contributed by atoms with Crippen LogP contribution in [0.2, 0.25) is 0 Å². The summed E-state index contributed by atoms with van der Waals surface area (Å²) in [6, 6.07) is 12.3. The lowest BCUT2D eigenvalue weighted by Crippen LogP contribution is -2.39. The van der Waals surface area contributed by atoms with E-state index >= 15 is 0 Å². The van der Waals surface area contributed by atoms with E-state index in [1.165, 1.54) is 12.1 Å². The summed E-state index contributed by atoms with van der Waals surface area (Å²) in [7, 11) is 0. The molecule has 1 heterocycles. The molecule has 2 aromatic rings. The molecule has 1 unspecified atom stereocenters. The highest BCUT2D eigenvalue weighted by atomic mass is 19.4. The van der Waals surface area contributed by atoms with E-state index < -0.39 is 29.2 Å². The van der Waals surface area contributed by atoms with Gasteiger partial charge >= 0.3 is 12.1 Å². The Morgan fingerprint density at radius 3 is 2.09 bits per heavy atom. The third kappa shape index (κ3) is 5.83. The number of halogens is 3.